The van der Waals surface area contributed by atoms with Gasteiger partial charge in [0.05, 0.1) is 10.6 Å². The molecule has 0 aliphatic heterocycles. The maximum Gasteiger partial charge on any atom is 0.261 e. The number of nitrogens with one attached hydrogen (secondary N) is 1. The van der Waals surface area contributed by atoms with Crippen molar-refractivity contribution in [3.8, 4) is 0 Å². The van der Waals surface area contributed by atoms with Crippen molar-refractivity contribution in [3.05, 3.63) is 29.3 Å². The highest BCUT2D eigenvalue weighted by Crippen LogP contribution is 2.27. The third-order valence-corrected chi connectivity index (χ3v) is 3.53. The zero-order valence-corrected chi connectivity index (χ0v) is 10.1. The average Bonchev–Trinajstić information content (AvgIpc) is 2.79. The lowest BCUT2D eigenvalue weighted by Crippen LogP contribution is -2.22. The van der Waals surface area contributed by atoms with Gasteiger partial charge in [0.15, 0.2) is 0 Å². The molecule has 2 aromatic heterocycles. The van der Waals surface area contributed by atoms with Crippen molar-refractivity contribution in [2.45, 2.75) is 6.92 Å². The predicted octanol–water partition coefficient (Wildman–Crippen LogP) is 1.86. The van der Waals surface area contributed by atoms with Gasteiger partial charge in [-0.05, 0) is 13.0 Å². The Bertz CT molecular complexity index is 518. The van der Waals surface area contributed by atoms with Gasteiger partial charge in [0.1, 0.15) is 4.83 Å². The lowest BCUT2D eigenvalue weighted by atomic mass is 10.3. The van der Waals surface area contributed by atoms with E-state index < -0.39 is 0 Å². The monoisotopic (exact) mass is 235 g/mol. The fourth-order valence-corrected chi connectivity index (χ4v) is 2.61. The number of aryl methyl sites for hydroxylation is 2. The Labute approximate surface area is 97.6 Å². The summed E-state index contributed by atoms with van der Waals surface area (Å²) in [5, 5.41) is 8.11. The molecule has 0 saturated heterocycles. The number of hydrogen-bond acceptors (Lipinski definition) is 3. The third kappa shape index (κ3) is 1.74. The quantitative estimate of drug-likeness (QED) is 0.825. The van der Waals surface area contributed by atoms with Crippen LogP contribution in [-0.4, -0.2) is 22.2 Å². The molecule has 1 N–H and O–H groups in total. The number of carbonyl (C=O) groups excluding carboxylic acids is 1. The molecule has 2 heterocycles. The van der Waals surface area contributed by atoms with Crippen LogP contribution in [0, 0.1) is 6.92 Å². The molecule has 2 rings (SSSR count). The summed E-state index contributed by atoms with van der Waals surface area (Å²) in [6, 6.07) is 1.89. The van der Waals surface area contributed by atoms with Crippen LogP contribution in [-0.2, 0) is 7.05 Å². The summed E-state index contributed by atoms with van der Waals surface area (Å²) < 4.78 is 1.81. The molecule has 0 atom stereocenters. The van der Waals surface area contributed by atoms with Gasteiger partial charge in [-0.3, -0.25) is 9.48 Å². The summed E-state index contributed by atoms with van der Waals surface area (Å²) in [7, 11) is 1.89. The lowest BCUT2D eigenvalue weighted by molar-refractivity contribution is 0.0962. The van der Waals surface area contributed by atoms with Gasteiger partial charge in [0, 0.05) is 19.0 Å². The Morgan fingerprint density at radius 1 is 1.75 bits per heavy atom. The van der Waals surface area contributed by atoms with Gasteiger partial charge < -0.3 is 5.32 Å². The fraction of sp³-hybridized carbons (Fsp3) is 0.273. The summed E-state index contributed by atoms with van der Waals surface area (Å²) in [4.78, 5) is 13.5. The number of fused-ring (bicyclic) bond motifs is 1. The first-order valence-corrected chi connectivity index (χ1v) is 5.77. The van der Waals surface area contributed by atoms with E-state index in [-0.39, 0.29) is 5.91 Å². The Morgan fingerprint density at radius 3 is 3.12 bits per heavy atom. The highest BCUT2D eigenvalue weighted by atomic mass is 32.1. The molecule has 84 valence electrons. The molecule has 0 bridgehead atoms. The summed E-state index contributed by atoms with van der Waals surface area (Å²) in [6.45, 7) is 6.00. The van der Waals surface area contributed by atoms with Gasteiger partial charge in [-0.2, -0.15) is 5.10 Å². The molecule has 0 aliphatic carbocycles. The SMILES string of the molecule is C=CCNC(=O)c1cc2c(C)nn(C)c2s1. The van der Waals surface area contributed by atoms with E-state index in [0.29, 0.717) is 11.4 Å². The molecule has 0 aromatic carbocycles. The van der Waals surface area contributed by atoms with Gasteiger partial charge in [0.25, 0.3) is 5.91 Å². The van der Waals surface area contributed by atoms with Crippen molar-refractivity contribution in [2.24, 2.45) is 7.05 Å². The zero-order chi connectivity index (χ0) is 11.7. The van der Waals surface area contributed by atoms with Crippen LogP contribution in [0.5, 0.6) is 0 Å². The second kappa shape index (κ2) is 4.09. The number of rotatable bonds is 3. The van der Waals surface area contributed by atoms with Gasteiger partial charge >= 0.3 is 0 Å². The fourth-order valence-electron chi connectivity index (χ4n) is 1.57. The molecule has 0 aliphatic rings. The Hall–Kier alpha value is -1.62. The van der Waals surface area contributed by atoms with Crippen LogP contribution in [0.2, 0.25) is 0 Å². The van der Waals surface area contributed by atoms with Crippen LogP contribution >= 0.6 is 11.3 Å². The van der Waals surface area contributed by atoms with Crippen molar-refractivity contribution >= 4 is 27.5 Å². The third-order valence-electron chi connectivity index (χ3n) is 2.33. The number of aromatic nitrogens is 2. The highest BCUT2D eigenvalue weighted by molar-refractivity contribution is 7.20. The van der Waals surface area contributed by atoms with Gasteiger partial charge in [-0.1, -0.05) is 6.08 Å². The first-order valence-electron chi connectivity index (χ1n) is 4.95. The number of nitrogens with zero attached hydrogens (tertiary/aromatic N) is 2. The first kappa shape index (κ1) is 10.9. The second-order valence-electron chi connectivity index (χ2n) is 3.54. The standard InChI is InChI=1S/C11H13N3OS/c1-4-5-12-10(15)9-6-8-7(2)13-14(3)11(8)16-9/h4,6H,1,5H2,2-3H3,(H,12,15). The van der Waals surface area contributed by atoms with Crippen LogP contribution in [0.3, 0.4) is 0 Å². The van der Waals surface area contributed by atoms with E-state index in [1.165, 1.54) is 11.3 Å². The van der Waals surface area contributed by atoms with Gasteiger partial charge in [0.2, 0.25) is 0 Å². The molecule has 5 heteroatoms. The van der Waals surface area contributed by atoms with Crippen molar-refractivity contribution in [3.63, 3.8) is 0 Å². The molecular formula is C11H13N3OS. The molecule has 2 aromatic rings. The molecular weight excluding hydrogens is 222 g/mol. The Kier molecular flexibility index (Phi) is 2.78. The van der Waals surface area contributed by atoms with Gasteiger partial charge in [-0.15, -0.1) is 17.9 Å². The van der Waals surface area contributed by atoms with Crippen molar-refractivity contribution in [2.75, 3.05) is 6.54 Å². The largest absolute Gasteiger partial charge is 0.348 e. The second-order valence-corrected chi connectivity index (χ2v) is 4.57. The first-order chi connectivity index (χ1) is 7.63. The van der Waals surface area contributed by atoms with Crippen LogP contribution in [0.15, 0.2) is 18.7 Å². The number of hydrogen-bond donors (Lipinski definition) is 1. The maximum absolute atomic E-state index is 11.7. The van der Waals surface area contributed by atoms with Crippen LogP contribution in [0.4, 0.5) is 0 Å². The smallest absolute Gasteiger partial charge is 0.261 e. The van der Waals surface area contributed by atoms with Crippen molar-refractivity contribution in [1.29, 1.82) is 0 Å². The van der Waals surface area contributed by atoms with E-state index in [1.807, 2.05) is 20.0 Å². The average molecular weight is 235 g/mol. The molecule has 4 nitrogen and oxygen atoms in total. The molecule has 0 spiro atoms. The zero-order valence-electron chi connectivity index (χ0n) is 9.28. The minimum Gasteiger partial charge on any atom is -0.348 e. The van der Waals surface area contributed by atoms with Crippen LogP contribution in [0.25, 0.3) is 10.2 Å². The topological polar surface area (TPSA) is 46.9 Å². The summed E-state index contributed by atoms with van der Waals surface area (Å²) in [6.07, 6.45) is 1.66. The molecule has 16 heavy (non-hydrogen) atoms. The summed E-state index contributed by atoms with van der Waals surface area (Å²) in [5.41, 5.74) is 0.955. The lowest BCUT2D eigenvalue weighted by Gasteiger charge is -1.97. The minimum atomic E-state index is -0.0551. The van der Waals surface area contributed by atoms with E-state index in [9.17, 15) is 4.79 Å². The van der Waals surface area contributed by atoms with Gasteiger partial charge in [-0.25, -0.2) is 0 Å². The van der Waals surface area contributed by atoms with Crippen LogP contribution in [0.1, 0.15) is 15.4 Å². The normalized spacial score (nSPS) is 10.6. The van der Waals surface area contributed by atoms with Crippen molar-refractivity contribution < 1.29 is 4.79 Å². The molecule has 0 radical (unpaired) electrons. The Balaban J connectivity index is 2.36. The van der Waals surface area contributed by atoms with E-state index in [0.717, 1.165) is 15.9 Å². The molecule has 1 amide bonds. The van der Waals surface area contributed by atoms with E-state index in [4.69, 9.17) is 0 Å². The number of carbonyl (C=O) groups is 1. The summed E-state index contributed by atoms with van der Waals surface area (Å²) in [5.74, 6) is -0.0551. The van der Waals surface area contributed by atoms with Crippen LogP contribution < -0.4 is 5.32 Å². The summed E-state index contributed by atoms with van der Waals surface area (Å²) >= 11 is 1.46. The maximum atomic E-state index is 11.7. The molecule has 0 saturated carbocycles. The van der Waals surface area contributed by atoms with E-state index in [2.05, 4.69) is 17.0 Å². The van der Waals surface area contributed by atoms with Crippen molar-refractivity contribution in [1.82, 2.24) is 15.1 Å². The minimum absolute atomic E-state index is 0.0551. The highest BCUT2D eigenvalue weighted by Gasteiger charge is 2.14. The molecule has 0 fully saturated rings. The number of amides is 1. The molecule has 0 unspecified atom stereocenters. The van der Waals surface area contributed by atoms with E-state index in [1.54, 1.807) is 10.8 Å². The van der Waals surface area contributed by atoms with E-state index >= 15 is 0 Å². The Morgan fingerprint density at radius 2 is 2.50 bits per heavy atom. The predicted molar refractivity (Wildman–Crippen MR) is 65.9 cm³/mol. The number of thiophene rings is 1.